The molecule has 0 amide bonds. The van der Waals surface area contributed by atoms with E-state index in [1.165, 1.54) is 0 Å². The molecule has 0 N–H and O–H groups in total. The fraction of sp³-hybridized carbons (Fsp3) is 0.200. The first-order chi connectivity index (χ1) is 8.79. The Hall–Kier alpha value is -1.32. The lowest BCUT2D eigenvalue weighted by molar-refractivity contribution is 0.184. The van der Waals surface area contributed by atoms with Crippen LogP contribution >= 0.6 is 15.9 Å². The second kappa shape index (κ2) is 6.57. The summed E-state index contributed by atoms with van der Waals surface area (Å²) in [6, 6.07) is 16.0. The van der Waals surface area contributed by atoms with Crippen molar-refractivity contribution in [2.75, 3.05) is 7.11 Å². The molecule has 2 aromatic carbocycles. The van der Waals surface area contributed by atoms with Gasteiger partial charge in [-0.15, -0.1) is 0 Å². The molecule has 0 aromatic heterocycles. The zero-order valence-corrected chi connectivity index (χ0v) is 11.8. The van der Waals surface area contributed by atoms with Crippen molar-refractivity contribution in [2.24, 2.45) is 0 Å². The number of rotatable bonds is 5. The Bertz CT molecular complexity index is 497. The van der Waals surface area contributed by atoms with Gasteiger partial charge in [0.2, 0.25) is 0 Å². The van der Waals surface area contributed by atoms with Gasteiger partial charge in [0.25, 0.3) is 0 Å². The Balaban J connectivity index is 2.03. The molecule has 18 heavy (non-hydrogen) atoms. The number of hydrogen-bond acceptors (Lipinski definition) is 2. The highest BCUT2D eigenvalue weighted by Crippen LogP contribution is 2.23. The van der Waals surface area contributed by atoms with Gasteiger partial charge < -0.3 is 9.47 Å². The third-order valence-corrected chi connectivity index (χ3v) is 3.34. The monoisotopic (exact) mass is 306 g/mol. The Kier molecular flexibility index (Phi) is 4.79. The maximum atomic E-state index is 5.76. The van der Waals surface area contributed by atoms with Gasteiger partial charge in [0.05, 0.1) is 6.61 Å². The second-order valence-corrected chi connectivity index (χ2v) is 4.81. The molecular formula is C15H15BrO2. The molecule has 0 spiro atoms. The Labute approximate surface area is 116 Å². The van der Waals surface area contributed by atoms with Crippen LogP contribution in [0.4, 0.5) is 0 Å². The highest BCUT2D eigenvalue weighted by Gasteiger charge is 2.02. The molecule has 0 radical (unpaired) electrons. The van der Waals surface area contributed by atoms with E-state index in [9.17, 15) is 0 Å². The van der Waals surface area contributed by atoms with Crippen LogP contribution in [0.3, 0.4) is 0 Å². The van der Waals surface area contributed by atoms with E-state index in [1.54, 1.807) is 7.11 Å². The Morgan fingerprint density at radius 2 is 1.78 bits per heavy atom. The van der Waals surface area contributed by atoms with Gasteiger partial charge in [-0.05, 0) is 29.3 Å². The summed E-state index contributed by atoms with van der Waals surface area (Å²) in [4.78, 5) is 0. The molecule has 0 bridgehead atoms. The molecule has 3 heteroatoms. The summed E-state index contributed by atoms with van der Waals surface area (Å²) in [6.07, 6.45) is 0. The van der Waals surface area contributed by atoms with Crippen LogP contribution in [-0.2, 0) is 18.0 Å². The first kappa shape index (κ1) is 13.1. The predicted octanol–water partition coefficient (Wildman–Crippen LogP) is 4.17. The largest absolute Gasteiger partial charge is 0.489 e. The standard InChI is InChI=1S/C15H15BrO2/c1-17-11-13-9-14(7-8-15(13)16)18-10-12-5-3-2-4-6-12/h2-9H,10-11H2,1H3. The van der Waals surface area contributed by atoms with Crippen molar-refractivity contribution in [1.82, 2.24) is 0 Å². The number of benzene rings is 2. The first-order valence-corrected chi connectivity index (χ1v) is 6.53. The van der Waals surface area contributed by atoms with Crippen molar-refractivity contribution >= 4 is 15.9 Å². The van der Waals surface area contributed by atoms with Gasteiger partial charge in [-0.25, -0.2) is 0 Å². The highest BCUT2D eigenvalue weighted by atomic mass is 79.9. The molecular weight excluding hydrogens is 292 g/mol. The lowest BCUT2D eigenvalue weighted by atomic mass is 10.2. The van der Waals surface area contributed by atoms with E-state index < -0.39 is 0 Å². The Morgan fingerprint density at radius 3 is 2.50 bits per heavy atom. The van der Waals surface area contributed by atoms with Crippen molar-refractivity contribution < 1.29 is 9.47 Å². The molecule has 94 valence electrons. The number of ether oxygens (including phenoxy) is 2. The average molecular weight is 307 g/mol. The summed E-state index contributed by atoms with van der Waals surface area (Å²) < 4.78 is 11.9. The average Bonchev–Trinajstić information content (AvgIpc) is 2.41. The van der Waals surface area contributed by atoms with Crippen LogP contribution < -0.4 is 4.74 Å². The number of halogens is 1. The van der Waals surface area contributed by atoms with Crippen LogP contribution in [0.1, 0.15) is 11.1 Å². The fourth-order valence-corrected chi connectivity index (χ4v) is 2.01. The molecule has 2 rings (SSSR count). The molecule has 0 aliphatic carbocycles. The zero-order chi connectivity index (χ0) is 12.8. The van der Waals surface area contributed by atoms with E-state index in [2.05, 4.69) is 28.1 Å². The molecule has 0 aliphatic rings. The minimum absolute atomic E-state index is 0.573. The van der Waals surface area contributed by atoms with Gasteiger partial charge in [0.1, 0.15) is 12.4 Å². The van der Waals surface area contributed by atoms with Gasteiger partial charge >= 0.3 is 0 Å². The van der Waals surface area contributed by atoms with Gasteiger partial charge in [0, 0.05) is 11.6 Å². The van der Waals surface area contributed by atoms with E-state index >= 15 is 0 Å². The number of methoxy groups -OCH3 is 1. The normalized spacial score (nSPS) is 10.3. The van der Waals surface area contributed by atoms with E-state index in [0.717, 1.165) is 21.3 Å². The van der Waals surface area contributed by atoms with E-state index in [0.29, 0.717) is 13.2 Å². The molecule has 0 fully saturated rings. The highest BCUT2D eigenvalue weighted by molar-refractivity contribution is 9.10. The van der Waals surface area contributed by atoms with Crippen molar-refractivity contribution in [2.45, 2.75) is 13.2 Å². The van der Waals surface area contributed by atoms with E-state index in [-0.39, 0.29) is 0 Å². The van der Waals surface area contributed by atoms with Crippen LogP contribution in [0.5, 0.6) is 5.75 Å². The van der Waals surface area contributed by atoms with Crippen LogP contribution in [0.2, 0.25) is 0 Å². The summed E-state index contributed by atoms with van der Waals surface area (Å²) in [5.74, 6) is 0.856. The smallest absolute Gasteiger partial charge is 0.120 e. The van der Waals surface area contributed by atoms with E-state index in [1.807, 2.05) is 36.4 Å². The van der Waals surface area contributed by atoms with Gasteiger partial charge in [-0.3, -0.25) is 0 Å². The summed E-state index contributed by atoms with van der Waals surface area (Å²) in [5, 5.41) is 0. The minimum atomic E-state index is 0.573. The van der Waals surface area contributed by atoms with Crippen molar-refractivity contribution in [3.8, 4) is 5.75 Å². The summed E-state index contributed by atoms with van der Waals surface area (Å²) >= 11 is 3.49. The lowest BCUT2D eigenvalue weighted by Gasteiger charge is -2.09. The Morgan fingerprint density at radius 1 is 1.00 bits per heavy atom. The number of hydrogen-bond donors (Lipinski definition) is 0. The molecule has 2 aromatic rings. The van der Waals surface area contributed by atoms with Crippen LogP contribution in [0, 0.1) is 0 Å². The summed E-state index contributed by atoms with van der Waals surface area (Å²) in [6.45, 7) is 1.15. The zero-order valence-electron chi connectivity index (χ0n) is 10.2. The molecule has 0 saturated heterocycles. The van der Waals surface area contributed by atoms with Gasteiger partial charge in [0.15, 0.2) is 0 Å². The van der Waals surface area contributed by atoms with Crippen LogP contribution in [-0.4, -0.2) is 7.11 Å². The van der Waals surface area contributed by atoms with Crippen molar-refractivity contribution in [1.29, 1.82) is 0 Å². The topological polar surface area (TPSA) is 18.5 Å². The molecule has 0 unspecified atom stereocenters. The van der Waals surface area contributed by atoms with Crippen molar-refractivity contribution in [3.05, 3.63) is 64.1 Å². The van der Waals surface area contributed by atoms with E-state index in [4.69, 9.17) is 9.47 Å². The molecule has 0 atom stereocenters. The van der Waals surface area contributed by atoms with Crippen LogP contribution in [0.25, 0.3) is 0 Å². The maximum absolute atomic E-state index is 5.76. The van der Waals surface area contributed by atoms with Gasteiger partial charge in [-0.1, -0.05) is 46.3 Å². The molecule has 0 saturated carbocycles. The predicted molar refractivity (Wildman–Crippen MR) is 75.6 cm³/mol. The first-order valence-electron chi connectivity index (χ1n) is 5.73. The molecule has 2 nitrogen and oxygen atoms in total. The molecule has 0 aliphatic heterocycles. The minimum Gasteiger partial charge on any atom is -0.489 e. The second-order valence-electron chi connectivity index (χ2n) is 3.96. The quantitative estimate of drug-likeness (QED) is 0.825. The van der Waals surface area contributed by atoms with Crippen LogP contribution in [0.15, 0.2) is 53.0 Å². The third-order valence-electron chi connectivity index (χ3n) is 2.57. The maximum Gasteiger partial charge on any atom is 0.120 e. The van der Waals surface area contributed by atoms with Gasteiger partial charge in [-0.2, -0.15) is 0 Å². The fourth-order valence-electron chi connectivity index (χ4n) is 1.65. The third kappa shape index (κ3) is 3.59. The summed E-state index contributed by atoms with van der Waals surface area (Å²) in [7, 11) is 1.68. The van der Waals surface area contributed by atoms with Crippen molar-refractivity contribution in [3.63, 3.8) is 0 Å². The summed E-state index contributed by atoms with van der Waals surface area (Å²) in [5.41, 5.74) is 2.25. The lowest BCUT2D eigenvalue weighted by Crippen LogP contribution is -1.96. The molecule has 0 heterocycles. The SMILES string of the molecule is COCc1cc(OCc2ccccc2)ccc1Br.